The number of hydrogen-bond acceptors (Lipinski definition) is 8. The Morgan fingerprint density at radius 2 is 1.26 bits per heavy atom. The van der Waals surface area contributed by atoms with Crippen molar-refractivity contribution in [1.82, 2.24) is 0 Å². The summed E-state index contributed by atoms with van der Waals surface area (Å²) in [6, 6.07) is 0. The van der Waals surface area contributed by atoms with E-state index in [4.69, 9.17) is 9.99 Å². The molecule has 1 unspecified atom stereocenters. The fraction of sp³-hybridized carbons (Fsp3) is 0.909. The first-order chi connectivity index (χ1) is 18.0. The quantitative estimate of drug-likeness (QED) is 0.0333. The summed E-state index contributed by atoms with van der Waals surface area (Å²) in [6.45, 7) is 0.390. The fourth-order valence-electron chi connectivity index (χ4n) is 3.14. The fourth-order valence-corrected chi connectivity index (χ4v) is 3.63. The number of carbonyl (C=O) groups is 2. The smallest absolute Gasteiger partial charge is 0.460 e. The van der Waals surface area contributed by atoms with Crippen LogP contribution in [0.3, 0.4) is 0 Å². The van der Waals surface area contributed by atoms with Crippen molar-refractivity contribution in [2.75, 3.05) is 13.2 Å². The maximum absolute atomic E-state index is 13.5. The second-order valence-electron chi connectivity index (χ2n) is 8.60. The van der Waals surface area contributed by atoms with Crippen LogP contribution >= 0.6 is 12.0 Å². The molecule has 0 fully saturated rings. The molecule has 0 aliphatic carbocycles. The Kier molecular flexibility index (Phi) is 17.4. The van der Waals surface area contributed by atoms with Crippen molar-refractivity contribution in [3.05, 3.63) is 0 Å². The van der Waals surface area contributed by atoms with Gasteiger partial charge in [-0.15, -0.1) is 4.33 Å². The number of ether oxygens (including phenoxy) is 2. The molecule has 0 radical (unpaired) electrons. The lowest BCUT2D eigenvalue weighted by atomic mass is 10.0. The van der Waals surface area contributed by atoms with E-state index in [0.29, 0.717) is 6.42 Å². The molecule has 7 nitrogen and oxygen atoms in total. The van der Waals surface area contributed by atoms with Crippen LogP contribution in [0.1, 0.15) is 84.0 Å². The second kappa shape index (κ2) is 18.1. The van der Waals surface area contributed by atoms with Crippen LogP contribution in [0.4, 0.5) is 39.5 Å². The Morgan fingerprint density at radius 3 is 1.74 bits per heavy atom. The first kappa shape index (κ1) is 37.5. The number of unbranched alkanes of at least 4 members (excludes halogenated alkanes) is 9. The lowest BCUT2D eigenvalue weighted by Crippen LogP contribution is -2.61. The number of carbonyl (C=O) groups excluding carboxylic acids is 2. The minimum Gasteiger partial charge on any atom is -0.466 e. The molecule has 0 bridgehead atoms. The minimum atomic E-state index is -7.07. The van der Waals surface area contributed by atoms with Gasteiger partial charge in [0, 0.05) is 0 Å². The topological polar surface area (TPSA) is 91.3 Å². The van der Waals surface area contributed by atoms with Crippen LogP contribution in [-0.4, -0.2) is 59.6 Å². The van der Waals surface area contributed by atoms with Gasteiger partial charge in [0.2, 0.25) is 0 Å². The molecule has 0 aromatic rings. The van der Waals surface area contributed by atoms with Crippen molar-refractivity contribution in [2.45, 2.75) is 113 Å². The van der Waals surface area contributed by atoms with Gasteiger partial charge in [0.1, 0.15) is 5.25 Å². The molecular formula is C22H33F9O7S. The van der Waals surface area contributed by atoms with Crippen molar-refractivity contribution < 1.29 is 73.2 Å². The van der Waals surface area contributed by atoms with Gasteiger partial charge in [-0.3, -0.25) is 9.59 Å². The van der Waals surface area contributed by atoms with E-state index in [-0.39, 0.29) is 18.6 Å². The van der Waals surface area contributed by atoms with E-state index >= 15 is 0 Å². The van der Waals surface area contributed by atoms with Crippen LogP contribution in [0.25, 0.3) is 0 Å². The summed E-state index contributed by atoms with van der Waals surface area (Å²) >= 11 is -0.0633. The van der Waals surface area contributed by atoms with E-state index in [0.717, 1.165) is 32.1 Å². The van der Waals surface area contributed by atoms with Crippen molar-refractivity contribution in [3.63, 3.8) is 0 Å². The summed E-state index contributed by atoms with van der Waals surface area (Å²) in [6.07, 6.45) is -0.0224. The van der Waals surface area contributed by atoms with Gasteiger partial charge in [0.05, 0.1) is 38.1 Å². The third-order valence-electron chi connectivity index (χ3n) is 5.43. The average Bonchev–Trinajstić information content (AvgIpc) is 2.83. The summed E-state index contributed by atoms with van der Waals surface area (Å²) in [4.78, 5) is 23.9. The predicted octanol–water partition coefficient (Wildman–Crippen LogP) is 7.68. The van der Waals surface area contributed by atoms with Gasteiger partial charge < -0.3 is 9.47 Å². The molecule has 0 saturated heterocycles. The van der Waals surface area contributed by atoms with E-state index in [1.54, 1.807) is 0 Å². The molecule has 39 heavy (non-hydrogen) atoms. The SMILES string of the molecule is CCCCCCCCCCCCOC(=O)CC(SOOO)C(=O)OCCC(F)(F)C(F)(F)C(F)(F)C(F)(F)F. The van der Waals surface area contributed by atoms with Crippen molar-refractivity contribution in [3.8, 4) is 0 Å². The molecule has 0 spiro atoms. The summed E-state index contributed by atoms with van der Waals surface area (Å²) in [5.41, 5.74) is 0. The predicted molar refractivity (Wildman–Crippen MR) is 120 cm³/mol. The highest BCUT2D eigenvalue weighted by Crippen LogP contribution is 2.54. The lowest BCUT2D eigenvalue weighted by molar-refractivity contribution is -0.432. The molecule has 0 amide bonds. The summed E-state index contributed by atoms with van der Waals surface area (Å²) in [5, 5.41) is 9.69. The van der Waals surface area contributed by atoms with Crippen LogP contribution in [0, 0.1) is 0 Å². The van der Waals surface area contributed by atoms with Gasteiger partial charge in [0.15, 0.2) is 0 Å². The molecule has 17 heteroatoms. The van der Waals surface area contributed by atoms with E-state index in [2.05, 4.69) is 21.0 Å². The van der Waals surface area contributed by atoms with E-state index in [9.17, 15) is 49.1 Å². The molecule has 0 saturated carbocycles. The maximum atomic E-state index is 13.5. The number of esters is 2. The Labute approximate surface area is 224 Å². The molecule has 0 aliphatic rings. The molecule has 0 aromatic heterocycles. The van der Waals surface area contributed by atoms with E-state index < -0.39 is 60.6 Å². The zero-order valence-electron chi connectivity index (χ0n) is 21.2. The van der Waals surface area contributed by atoms with Gasteiger partial charge in [-0.1, -0.05) is 69.7 Å². The maximum Gasteiger partial charge on any atom is 0.460 e. The zero-order chi connectivity index (χ0) is 30.2. The van der Waals surface area contributed by atoms with E-state index in [1.165, 1.54) is 25.7 Å². The molecule has 0 aromatic carbocycles. The number of alkyl halides is 9. The lowest BCUT2D eigenvalue weighted by Gasteiger charge is -2.33. The Balaban J connectivity index is 4.58. The number of rotatable bonds is 22. The molecular weight excluding hydrogens is 579 g/mol. The number of hydrogen-bond donors (Lipinski definition) is 1. The highest BCUT2D eigenvalue weighted by atomic mass is 32.2. The van der Waals surface area contributed by atoms with Gasteiger partial charge >= 0.3 is 35.9 Å². The average molecular weight is 613 g/mol. The van der Waals surface area contributed by atoms with Gasteiger partial charge in [0.25, 0.3) is 0 Å². The Hall–Kier alpha value is -1.46. The first-order valence-corrected chi connectivity index (χ1v) is 13.0. The Morgan fingerprint density at radius 1 is 0.744 bits per heavy atom. The van der Waals surface area contributed by atoms with E-state index in [1.807, 2.05) is 0 Å². The molecule has 0 aliphatic heterocycles. The molecule has 1 atom stereocenters. The molecule has 232 valence electrons. The summed E-state index contributed by atoms with van der Waals surface area (Å²) in [7, 11) is 0. The second-order valence-corrected chi connectivity index (χ2v) is 9.50. The van der Waals surface area contributed by atoms with Crippen molar-refractivity contribution in [2.24, 2.45) is 0 Å². The Bertz CT molecular complexity index is 710. The van der Waals surface area contributed by atoms with Crippen LogP contribution < -0.4 is 0 Å². The van der Waals surface area contributed by atoms with Crippen molar-refractivity contribution in [1.29, 1.82) is 0 Å². The van der Waals surface area contributed by atoms with Crippen LogP contribution in [0.2, 0.25) is 0 Å². The zero-order valence-corrected chi connectivity index (χ0v) is 22.0. The summed E-state index contributed by atoms with van der Waals surface area (Å²) < 4.78 is 129. The molecule has 0 rings (SSSR count). The first-order valence-electron chi connectivity index (χ1n) is 12.2. The van der Waals surface area contributed by atoms with Crippen molar-refractivity contribution >= 4 is 24.0 Å². The normalized spacial score (nSPS) is 13.8. The van der Waals surface area contributed by atoms with Gasteiger partial charge in [-0.2, -0.15) is 39.5 Å². The highest BCUT2D eigenvalue weighted by molar-refractivity contribution is 7.95. The molecule has 1 N–H and O–H groups in total. The highest BCUT2D eigenvalue weighted by Gasteiger charge is 2.81. The van der Waals surface area contributed by atoms with Gasteiger partial charge in [-0.05, 0) is 6.42 Å². The van der Waals surface area contributed by atoms with Gasteiger partial charge in [-0.25, -0.2) is 5.26 Å². The summed E-state index contributed by atoms with van der Waals surface area (Å²) in [5.74, 6) is -22.5. The van der Waals surface area contributed by atoms with Crippen LogP contribution in [0.15, 0.2) is 0 Å². The molecule has 0 heterocycles. The minimum absolute atomic E-state index is 0.0200. The monoisotopic (exact) mass is 612 g/mol. The third kappa shape index (κ3) is 13.2. The van der Waals surface area contributed by atoms with Crippen LogP contribution in [0.5, 0.6) is 0 Å². The van der Waals surface area contributed by atoms with Crippen LogP contribution in [-0.2, 0) is 28.4 Å². The largest absolute Gasteiger partial charge is 0.466 e. The third-order valence-corrected chi connectivity index (χ3v) is 6.16. The number of halogens is 9. The standard InChI is InChI=1S/C22H33F9O7S/c1-2-3-4-5-6-7-8-9-10-11-13-35-17(32)15-16(39-38-37-34)18(33)36-14-12-19(23,24)20(25,26)21(27,28)22(29,30)31/h16,34H,2-15H2,1H3.